The number of hydrogen-bond donors (Lipinski definition) is 2. The lowest BCUT2D eigenvalue weighted by atomic mass is 9.96. The number of nitrogens with one attached hydrogen (secondary N) is 1. The Hall–Kier alpha value is -2.30. The van der Waals surface area contributed by atoms with Gasteiger partial charge in [0.15, 0.2) is 0 Å². The minimum atomic E-state index is -0.752. The van der Waals surface area contributed by atoms with Crippen molar-refractivity contribution < 1.29 is 14.7 Å². The van der Waals surface area contributed by atoms with Gasteiger partial charge in [0, 0.05) is 15.6 Å². The standard InChI is InChI=1S/C17H11Cl2NO3/c18-11-5-1-9(2-6-11)14-13(16(22)17(23)20-14)15(21)10-3-7-12(19)8-4-10/h1-8,14,21H,(H,20,23)/b15-13+/t14-/m0/s1. The normalized spacial score (nSPS) is 19.7. The van der Waals surface area contributed by atoms with Crippen molar-refractivity contribution in [2.24, 2.45) is 0 Å². The molecule has 2 N–H and O–H groups in total. The number of ketones is 1. The number of aliphatic hydroxyl groups excluding tert-OH is 1. The van der Waals surface area contributed by atoms with E-state index in [0.717, 1.165) is 0 Å². The van der Waals surface area contributed by atoms with Gasteiger partial charge in [-0.3, -0.25) is 9.59 Å². The molecule has 4 nitrogen and oxygen atoms in total. The lowest BCUT2D eigenvalue weighted by molar-refractivity contribution is -0.133. The Labute approximate surface area is 142 Å². The molecule has 1 heterocycles. The third-order valence-electron chi connectivity index (χ3n) is 3.59. The minimum absolute atomic E-state index is 0.0136. The summed E-state index contributed by atoms with van der Waals surface area (Å²) in [7, 11) is 0. The van der Waals surface area contributed by atoms with Crippen molar-refractivity contribution in [3.8, 4) is 0 Å². The predicted molar refractivity (Wildman–Crippen MR) is 88.3 cm³/mol. The number of halogens is 2. The summed E-state index contributed by atoms with van der Waals surface area (Å²) in [6.07, 6.45) is 0. The second kappa shape index (κ2) is 6.07. The smallest absolute Gasteiger partial charge is 0.293 e. The molecule has 0 spiro atoms. The molecule has 1 saturated heterocycles. The van der Waals surface area contributed by atoms with E-state index in [2.05, 4.69) is 5.32 Å². The first-order valence-electron chi connectivity index (χ1n) is 6.77. The quantitative estimate of drug-likeness (QED) is 0.494. The van der Waals surface area contributed by atoms with Gasteiger partial charge < -0.3 is 10.4 Å². The monoisotopic (exact) mass is 347 g/mol. The Kier molecular flexibility index (Phi) is 4.11. The number of rotatable bonds is 2. The summed E-state index contributed by atoms with van der Waals surface area (Å²) in [5, 5.41) is 14.1. The van der Waals surface area contributed by atoms with Crippen LogP contribution in [0.1, 0.15) is 17.2 Å². The van der Waals surface area contributed by atoms with Gasteiger partial charge in [0.25, 0.3) is 11.7 Å². The highest BCUT2D eigenvalue weighted by molar-refractivity contribution is 6.46. The molecule has 0 radical (unpaired) electrons. The predicted octanol–water partition coefficient (Wildman–Crippen LogP) is 3.70. The summed E-state index contributed by atoms with van der Waals surface area (Å²) in [4.78, 5) is 23.9. The molecule has 1 aliphatic heterocycles. The van der Waals surface area contributed by atoms with Crippen molar-refractivity contribution >= 4 is 40.7 Å². The van der Waals surface area contributed by atoms with Crippen LogP contribution in [0, 0.1) is 0 Å². The van der Waals surface area contributed by atoms with Gasteiger partial charge in [-0.15, -0.1) is 0 Å². The number of carbonyl (C=O) groups is 2. The molecule has 0 unspecified atom stereocenters. The zero-order valence-corrected chi connectivity index (χ0v) is 13.2. The molecule has 6 heteroatoms. The Balaban J connectivity index is 2.10. The van der Waals surface area contributed by atoms with Crippen LogP contribution < -0.4 is 5.32 Å². The summed E-state index contributed by atoms with van der Waals surface area (Å²) in [5.41, 5.74) is 1.08. The first-order valence-corrected chi connectivity index (χ1v) is 7.52. The van der Waals surface area contributed by atoms with Gasteiger partial charge in [-0.2, -0.15) is 0 Å². The average molecular weight is 348 g/mol. The van der Waals surface area contributed by atoms with Crippen LogP contribution in [-0.4, -0.2) is 16.8 Å². The zero-order valence-electron chi connectivity index (χ0n) is 11.7. The second-order valence-electron chi connectivity index (χ2n) is 5.06. The van der Waals surface area contributed by atoms with Crippen molar-refractivity contribution in [3.63, 3.8) is 0 Å². The van der Waals surface area contributed by atoms with Crippen LogP contribution in [-0.2, 0) is 9.59 Å². The molecule has 0 bridgehead atoms. The molecular weight excluding hydrogens is 337 g/mol. The largest absolute Gasteiger partial charge is 0.507 e. The fourth-order valence-electron chi connectivity index (χ4n) is 2.43. The first-order chi connectivity index (χ1) is 11.0. The molecule has 1 fully saturated rings. The van der Waals surface area contributed by atoms with Gasteiger partial charge in [-0.1, -0.05) is 35.3 Å². The van der Waals surface area contributed by atoms with Crippen LogP contribution in [0.3, 0.4) is 0 Å². The molecule has 0 aromatic heterocycles. The third-order valence-corrected chi connectivity index (χ3v) is 4.10. The lowest BCUT2D eigenvalue weighted by Crippen LogP contribution is -2.21. The second-order valence-corrected chi connectivity index (χ2v) is 5.93. The molecule has 0 aliphatic carbocycles. The number of aliphatic hydroxyl groups is 1. The molecule has 0 saturated carbocycles. The summed E-state index contributed by atoms with van der Waals surface area (Å²) >= 11 is 11.7. The lowest BCUT2D eigenvalue weighted by Gasteiger charge is -2.13. The molecule has 1 aliphatic rings. The van der Waals surface area contributed by atoms with Crippen LogP contribution in [0.2, 0.25) is 10.0 Å². The number of carbonyl (C=O) groups excluding carboxylic acids is 2. The van der Waals surface area contributed by atoms with Crippen LogP contribution >= 0.6 is 23.2 Å². The van der Waals surface area contributed by atoms with E-state index in [9.17, 15) is 14.7 Å². The Morgan fingerprint density at radius 2 is 1.43 bits per heavy atom. The maximum Gasteiger partial charge on any atom is 0.293 e. The molecule has 2 aromatic rings. The molecule has 3 rings (SSSR count). The summed E-state index contributed by atoms with van der Waals surface area (Å²) < 4.78 is 0. The summed E-state index contributed by atoms with van der Waals surface area (Å²) in [6, 6.07) is 12.3. The Morgan fingerprint density at radius 1 is 0.913 bits per heavy atom. The van der Waals surface area contributed by atoms with Crippen molar-refractivity contribution in [2.75, 3.05) is 0 Å². The van der Waals surface area contributed by atoms with Crippen LogP contribution in [0.5, 0.6) is 0 Å². The van der Waals surface area contributed by atoms with Gasteiger partial charge in [-0.25, -0.2) is 0 Å². The van der Waals surface area contributed by atoms with E-state index in [1.54, 1.807) is 48.5 Å². The fourth-order valence-corrected chi connectivity index (χ4v) is 2.69. The molecule has 23 heavy (non-hydrogen) atoms. The molecule has 2 aromatic carbocycles. The van der Waals surface area contributed by atoms with Gasteiger partial charge in [0.05, 0.1) is 11.6 Å². The van der Waals surface area contributed by atoms with Gasteiger partial charge >= 0.3 is 0 Å². The van der Waals surface area contributed by atoms with E-state index < -0.39 is 17.7 Å². The Morgan fingerprint density at radius 3 is 2.00 bits per heavy atom. The number of amides is 1. The van der Waals surface area contributed by atoms with Crippen molar-refractivity contribution in [1.82, 2.24) is 5.32 Å². The molecule has 1 amide bonds. The van der Waals surface area contributed by atoms with Crippen molar-refractivity contribution in [1.29, 1.82) is 0 Å². The fraction of sp³-hybridized carbons (Fsp3) is 0.0588. The van der Waals surface area contributed by atoms with Crippen molar-refractivity contribution in [3.05, 3.63) is 75.3 Å². The average Bonchev–Trinajstić information content (AvgIpc) is 2.84. The van der Waals surface area contributed by atoms with E-state index in [1.165, 1.54) is 0 Å². The zero-order chi connectivity index (χ0) is 16.6. The topological polar surface area (TPSA) is 66.4 Å². The number of benzene rings is 2. The Bertz CT molecular complexity index is 811. The molecule has 1 atom stereocenters. The third kappa shape index (κ3) is 2.96. The van der Waals surface area contributed by atoms with Crippen molar-refractivity contribution in [2.45, 2.75) is 6.04 Å². The summed E-state index contributed by atoms with van der Waals surface area (Å²) in [6.45, 7) is 0. The van der Waals surface area contributed by atoms with E-state index in [1.807, 2.05) is 0 Å². The highest BCUT2D eigenvalue weighted by atomic mass is 35.5. The van der Waals surface area contributed by atoms with Gasteiger partial charge in [-0.05, 0) is 42.0 Å². The van der Waals surface area contributed by atoms with Crippen LogP contribution in [0.25, 0.3) is 5.76 Å². The van der Waals surface area contributed by atoms with E-state index in [0.29, 0.717) is 21.2 Å². The number of Topliss-reactive ketones (excluding diaryl/α,β-unsaturated/α-hetero) is 1. The SMILES string of the molecule is O=C1N[C@@H](c2ccc(Cl)cc2)/C(=C(\O)c2ccc(Cl)cc2)C1=O. The highest BCUT2D eigenvalue weighted by Gasteiger charge is 2.39. The maximum atomic E-state index is 12.2. The molecular formula is C17H11Cl2NO3. The van der Waals surface area contributed by atoms with E-state index in [4.69, 9.17) is 23.2 Å². The van der Waals surface area contributed by atoms with Gasteiger partial charge in [0.2, 0.25) is 0 Å². The highest BCUT2D eigenvalue weighted by Crippen LogP contribution is 2.33. The minimum Gasteiger partial charge on any atom is -0.507 e. The maximum absolute atomic E-state index is 12.2. The van der Waals surface area contributed by atoms with Crippen LogP contribution in [0.15, 0.2) is 54.1 Å². The van der Waals surface area contributed by atoms with Crippen LogP contribution in [0.4, 0.5) is 0 Å². The summed E-state index contributed by atoms with van der Waals surface area (Å²) in [5.74, 6) is -1.75. The number of hydrogen-bond acceptors (Lipinski definition) is 3. The van der Waals surface area contributed by atoms with Gasteiger partial charge in [0.1, 0.15) is 5.76 Å². The van der Waals surface area contributed by atoms with E-state index >= 15 is 0 Å². The van der Waals surface area contributed by atoms with E-state index in [-0.39, 0.29) is 11.3 Å². The first kappa shape index (κ1) is 15.6. The molecule has 116 valence electrons.